The van der Waals surface area contributed by atoms with Crippen LogP contribution in [-0.4, -0.2) is 14.2 Å². The second-order valence-electron chi connectivity index (χ2n) is 4.95. The normalized spacial score (nSPS) is 12.0. The summed E-state index contributed by atoms with van der Waals surface area (Å²) in [5.74, 6) is 1.43. The van der Waals surface area contributed by atoms with Gasteiger partial charge in [0, 0.05) is 11.1 Å². The van der Waals surface area contributed by atoms with Crippen LogP contribution in [-0.2, 0) is 6.42 Å². The molecule has 2 aromatic carbocycles. The fraction of sp³-hybridized carbons (Fsp3) is 0.294. The van der Waals surface area contributed by atoms with Crippen molar-refractivity contribution < 1.29 is 9.47 Å². The Bertz CT molecular complexity index is 628. The molecule has 21 heavy (non-hydrogen) atoms. The van der Waals surface area contributed by atoms with Crippen molar-refractivity contribution in [3.8, 4) is 11.5 Å². The van der Waals surface area contributed by atoms with Crippen LogP contribution < -0.4 is 15.2 Å². The Morgan fingerprint density at radius 1 is 1.10 bits per heavy atom. The van der Waals surface area contributed by atoms with Crippen LogP contribution in [0.1, 0.15) is 22.7 Å². The third-order valence-corrected chi connectivity index (χ3v) is 4.02. The van der Waals surface area contributed by atoms with Crippen molar-refractivity contribution in [2.24, 2.45) is 5.73 Å². The molecule has 0 aliphatic heterocycles. The van der Waals surface area contributed by atoms with Gasteiger partial charge in [-0.1, -0.05) is 29.8 Å². The van der Waals surface area contributed by atoms with Crippen LogP contribution in [0.4, 0.5) is 0 Å². The molecule has 0 aliphatic carbocycles. The molecule has 0 spiro atoms. The van der Waals surface area contributed by atoms with Gasteiger partial charge in [-0.25, -0.2) is 0 Å². The van der Waals surface area contributed by atoms with Gasteiger partial charge in [-0.3, -0.25) is 0 Å². The molecule has 0 fully saturated rings. The fourth-order valence-electron chi connectivity index (χ4n) is 2.40. The summed E-state index contributed by atoms with van der Waals surface area (Å²) in [6, 6.07) is 11.6. The van der Waals surface area contributed by atoms with Crippen LogP contribution in [0, 0.1) is 6.92 Å². The summed E-state index contributed by atoms with van der Waals surface area (Å²) in [5, 5.41) is 0.746. The van der Waals surface area contributed by atoms with Crippen molar-refractivity contribution in [1.29, 1.82) is 0 Å². The molecule has 0 aromatic heterocycles. The molecule has 0 radical (unpaired) electrons. The molecular formula is C17H20ClNO2. The van der Waals surface area contributed by atoms with Crippen molar-refractivity contribution >= 4 is 11.6 Å². The van der Waals surface area contributed by atoms with E-state index < -0.39 is 0 Å². The number of hydrogen-bond donors (Lipinski definition) is 1. The predicted octanol–water partition coefficient (Wildman–Crippen LogP) is 3.91. The molecule has 0 saturated heterocycles. The average molecular weight is 306 g/mol. The summed E-state index contributed by atoms with van der Waals surface area (Å²) in [7, 11) is 3.25. The predicted molar refractivity (Wildman–Crippen MR) is 86.4 cm³/mol. The maximum absolute atomic E-state index is 6.33. The first-order valence-corrected chi connectivity index (χ1v) is 7.16. The molecule has 2 rings (SSSR count). The van der Waals surface area contributed by atoms with Crippen LogP contribution in [0.25, 0.3) is 0 Å². The SMILES string of the molecule is COc1ccc(CC(N)c2cccc(Cl)c2C)cc1OC. The summed E-state index contributed by atoms with van der Waals surface area (Å²) in [4.78, 5) is 0. The van der Waals surface area contributed by atoms with Gasteiger partial charge in [0.2, 0.25) is 0 Å². The smallest absolute Gasteiger partial charge is 0.160 e. The molecule has 4 heteroatoms. The molecule has 0 bridgehead atoms. The Hall–Kier alpha value is -1.71. The second kappa shape index (κ2) is 6.83. The van der Waals surface area contributed by atoms with Gasteiger partial charge in [0.05, 0.1) is 14.2 Å². The van der Waals surface area contributed by atoms with Gasteiger partial charge in [-0.05, 0) is 48.2 Å². The lowest BCUT2D eigenvalue weighted by Gasteiger charge is -2.17. The third-order valence-electron chi connectivity index (χ3n) is 3.61. The zero-order valence-corrected chi connectivity index (χ0v) is 13.3. The number of rotatable bonds is 5. The zero-order chi connectivity index (χ0) is 15.4. The fourth-order valence-corrected chi connectivity index (χ4v) is 2.58. The van der Waals surface area contributed by atoms with Crippen LogP contribution in [0.3, 0.4) is 0 Å². The van der Waals surface area contributed by atoms with E-state index >= 15 is 0 Å². The van der Waals surface area contributed by atoms with E-state index in [2.05, 4.69) is 0 Å². The molecule has 1 atom stereocenters. The Morgan fingerprint density at radius 2 is 1.81 bits per heavy atom. The quantitative estimate of drug-likeness (QED) is 0.911. The number of methoxy groups -OCH3 is 2. The first kappa shape index (κ1) is 15.7. The highest BCUT2D eigenvalue weighted by molar-refractivity contribution is 6.31. The highest BCUT2D eigenvalue weighted by Gasteiger charge is 2.13. The van der Waals surface area contributed by atoms with E-state index in [1.165, 1.54) is 0 Å². The molecule has 112 valence electrons. The van der Waals surface area contributed by atoms with E-state index in [-0.39, 0.29) is 6.04 Å². The monoisotopic (exact) mass is 305 g/mol. The number of ether oxygens (including phenoxy) is 2. The van der Waals surface area contributed by atoms with E-state index in [0.29, 0.717) is 17.9 Å². The Morgan fingerprint density at radius 3 is 2.48 bits per heavy atom. The summed E-state index contributed by atoms with van der Waals surface area (Å²) in [6.45, 7) is 1.99. The van der Waals surface area contributed by atoms with Crippen molar-refractivity contribution in [3.63, 3.8) is 0 Å². The van der Waals surface area contributed by atoms with Crippen LogP contribution in [0.15, 0.2) is 36.4 Å². The summed E-state index contributed by atoms with van der Waals surface area (Å²) in [6.07, 6.45) is 0.710. The maximum Gasteiger partial charge on any atom is 0.160 e. The molecule has 0 saturated carbocycles. The largest absolute Gasteiger partial charge is 0.493 e. The summed E-state index contributed by atoms with van der Waals surface area (Å²) in [5.41, 5.74) is 9.53. The minimum absolute atomic E-state index is 0.109. The highest BCUT2D eigenvalue weighted by Crippen LogP contribution is 2.30. The standard InChI is InChI=1S/C17H20ClNO2/c1-11-13(5-4-6-14(11)18)15(19)9-12-7-8-16(20-2)17(10-12)21-3/h4-8,10,15H,9,19H2,1-3H3. The molecule has 3 nitrogen and oxygen atoms in total. The van der Waals surface area contributed by atoms with Gasteiger partial charge < -0.3 is 15.2 Å². The van der Waals surface area contributed by atoms with E-state index in [9.17, 15) is 0 Å². The lowest BCUT2D eigenvalue weighted by molar-refractivity contribution is 0.354. The number of nitrogens with two attached hydrogens (primary N) is 1. The first-order valence-electron chi connectivity index (χ1n) is 6.78. The summed E-state index contributed by atoms with van der Waals surface area (Å²) >= 11 is 6.16. The molecule has 0 aliphatic rings. The molecular weight excluding hydrogens is 286 g/mol. The molecule has 1 unspecified atom stereocenters. The van der Waals surface area contributed by atoms with E-state index in [1.54, 1.807) is 14.2 Å². The van der Waals surface area contributed by atoms with Crippen molar-refractivity contribution in [2.75, 3.05) is 14.2 Å². The summed E-state index contributed by atoms with van der Waals surface area (Å²) < 4.78 is 10.6. The average Bonchev–Trinajstić information content (AvgIpc) is 2.49. The molecule has 2 aromatic rings. The minimum atomic E-state index is -0.109. The Balaban J connectivity index is 2.23. The van der Waals surface area contributed by atoms with Gasteiger partial charge in [0.15, 0.2) is 11.5 Å². The lowest BCUT2D eigenvalue weighted by Crippen LogP contribution is -2.15. The van der Waals surface area contributed by atoms with Crippen molar-refractivity contribution in [1.82, 2.24) is 0 Å². The highest BCUT2D eigenvalue weighted by atomic mass is 35.5. The Kier molecular flexibility index (Phi) is 5.10. The Labute approximate surface area is 130 Å². The van der Waals surface area contributed by atoms with Gasteiger partial charge in [0.1, 0.15) is 0 Å². The van der Waals surface area contributed by atoms with Crippen molar-refractivity contribution in [3.05, 3.63) is 58.1 Å². The van der Waals surface area contributed by atoms with Gasteiger partial charge >= 0.3 is 0 Å². The number of halogens is 1. The molecule has 0 heterocycles. The third kappa shape index (κ3) is 3.49. The second-order valence-corrected chi connectivity index (χ2v) is 5.36. The number of benzene rings is 2. The number of hydrogen-bond acceptors (Lipinski definition) is 3. The van der Waals surface area contributed by atoms with Crippen molar-refractivity contribution in [2.45, 2.75) is 19.4 Å². The lowest BCUT2D eigenvalue weighted by atomic mass is 9.96. The first-order chi connectivity index (χ1) is 10.1. The van der Waals surface area contributed by atoms with Gasteiger partial charge in [-0.2, -0.15) is 0 Å². The van der Waals surface area contributed by atoms with Crippen LogP contribution in [0.2, 0.25) is 5.02 Å². The zero-order valence-electron chi connectivity index (χ0n) is 12.5. The van der Waals surface area contributed by atoms with Gasteiger partial charge in [-0.15, -0.1) is 0 Å². The molecule has 2 N–H and O–H groups in total. The maximum atomic E-state index is 6.33. The van der Waals surface area contributed by atoms with Crippen LogP contribution >= 0.6 is 11.6 Å². The van der Waals surface area contributed by atoms with E-state index in [4.69, 9.17) is 26.8 Å². The molecule has 0 amide bonds. The van der Waals surface area contributed by atoms with Gasteiger partial charge in [0.25, 0.3) is 0 Å². The topological polar surface area (TPSA) is 44.5 Å². The van der Waals surface area contributed by atoms with Crippen LogP contribution in [0.5, 0.6) is 11.5 Å². The van der Waals surface area contributed by atoms with E-state index in [1.807, 2.05) is 43.3 Å². The minimum Gasteiger partial charge on any atom is -0.493 e. The van der Waals surface area contributed by atoms with E-state index in [0.717, 1.165) is 21.7 Å².